The Balaban J connectivity index is 1.61. The van der Waals surface area contributed by atoms with Gasteiger partial charge in [0.1, 0.15) is 5.75 Å². The Bertz CT molecular complexity index is 1180. The molecular formula is C26H25N3OS. The van der Waals surface area contributed by atoms with Crippen molar-refractivity contribution in [3.8, 4) is 27.4 Å². The third kappa shape index (κ3) is 5.01. The quantitative estimate of drug-likeness (QED) is 0.257. The van der Waals surface area contributed by atoms with E-state index in [2.05, 4.69) is 66.8 Å². The number of hydrogen-bond donors (Lipinski definition) is 1. The predicted molar refractivity (Wildman–Crippen MR) is 131 cm³/mol. The van der Waals surface area contributed by atoms with Crippen molar-refractivity contribution in [2.45, 2.75) is 20.8 Å². The second kappa shape index (κ2) is 9.58. The van der Waals surface area contributed by atoms with Gasteiger partial charge in [-0.2, -0.15) is 5.10 Å². The Morgan fingerprint density at radius 3 is 2.42 bits per heavy atom. The number of hydrogen-bond acceptors (Lipinski definition) is 5. The zero-order valence-electron chi connectivity index (χ0n) is 17.9. The highest BCUT2D eigenvalue weighted by Crippen LogP contribution is 2.39. The number of anilines is 1. The van der Waals surface area contributed by atoms with Gasteiger partial charge in [-0.25, -0.2) is 4.98 Å². The molecule has 4 nitrogen and oxygen atoms in total. The highest BCUT2D eigenvalue weighted by molar-refractivity contribution is 7.19. The molecule has 0 saturated heterocycles. The van der Waals surface area contributed by atoms with Crippen molar-refractivity contribution in [2.24, 2.45) is 5.10 Å². The summed E-state index contributed by atoms with van der Waals surface area (Å²) in [6, 6.07) is 24.7. The Kier molecular flexibility index (Phi) is 6.43. The minimum absolute atomic E-state index is 0.658. The van der Waals surface area contributed by atoms with E-state index in [1.165, 1.54) is 11.1 Å². The standard InChI is InChI=1S/C26H25N3OS/c1-4-30-23-14-11-20(12-15-23)17-27-29-26-28-24(22-13-10-18(2)19(3)16-22)25(31-26)21-8-6-5-7-9-21/h5-17H,4H2,1-3H3,(H,28,29)/b27-17-. The summed E-state index contributed by atoms with van der Waals surface area (Å²) in [6.07, 6.45) is 1.79. The Hall–Kier alpha value is -3.44. The molecule has 0 aliphatic carbocycles. The lowest BCUT2D eigenvalue weighted by atomic mass is 10.0. The molecule has 4 rings (SSSR count). The Morgan fingerprint density at radius 1 is 0.935 bits per heavy atom. The summed E-state index contributed by atoms with van der Waals surface area (Å²) in [5.41, 5.74) is 9.86. The molecule has 0 spiro atoms. The van der Waals surface area contributed by atoms with E-state index in [0.717, 1.165) is 38.1 Å². The molecule has 0 amide bonds. The molecule has 0 atom stereocenters. The van der Waals surface area contributed by atoms with E-state index in [0.29, 0.717) is 6.61 Å². The van der Waals surface area contributed by atoms with Gasteiger partial charge in [-0.3, -0.25) is 5.43 Å². The van der Waals surface area contributed by atoms with E-state index in [4.69, 9.17) is 9.72 Å². The van der Waals surface area contributed by atoms with Crippen LogP contribution in [0.2, 0.25) is 0 Å². The molecule has 0 aliphatic heterocycles. The van der Waals surface area contributed by atoms with Crippen molar-refractivity contribution in [3.63, 3.8) is 0 Å². The lowest BCUT2D eigenvalue weighted by Gasteiger charge is -2.05. The minimum Gasteiger partial charge on any atom is -0.494 e. The zero-order chi connectivity index (χ0) is 21.6. The molecule has 1 heterocycles. The molecule has 0 aliphatic rings. The lowest BCUT2D eigenvalue weighted by molar-refractivity contribution is 0.340. The molecule has 156 valence electrons. The van der Waals surface area contributed by atoms with Gasteiger partial charge in [-0.15, -0.1) is 0 Å². The third-order valence-electron chi connectivity index (χ3n) is 5.01. The van der Waals surface area contributed by atoms with Crippen molar-refractivity contribution in [1.82, 2.24) is 4.98 Å². The molecule has 1 N–H and O–H groups in total. The molecule has 0 radical (unpaired) electrons. The summed E-state index contributed by atoms with van der Waals surface area (Å²) >= 11 is 1.61. The van der Waals surface area contributed by atoms with E-state index in [1.807, 2.05) is 37.3 Å². The van der Waals surface area contributed by atoms with Crippen LogP contribution in [0.1, 0.15) is 23.6 Å². The highest BCUT2D eigenvalue weighted by atomic mass is 32.1. The predicted octanol–water partition coefficient (Wildman–Crippen LogP) is 6.94. The summed E-state index contributed by atoms with van der Waals surface area (Å²) in [5, 5.41) is 5.15. The first-order chi connectivity index (χ1) is 15.1. The lowest BCUT2D eigenvalue weighted by Crippen LogP contribution is -1.93. The van der Waals surface area contributed by atoms with Gasteiger partial charge in [0.15, 0.2) is 0 Å². The number of rotatable bonds is 7. The molecule has 5 heteroatoms. The molecule has 1 aromatic heterocycles. The summed E-state index contributed by atoms with van der Waals surface area (Å²) in [4.78, 5) is 6.00. The topological polar surface area (TPSA) is 46.5 Å². The van der Waals surface area contributed by atoms with Crippen LogP contribution in [-0.2, 0) is 0 Å². The van der Waals surface area contributed by atoms with Crippen LogP contribution in [0.25, 0.3) is 21.7 Å². The first kappa shape index (κ1) is 20.8. The number of ether oxygens (including phenoxy) is 1. The van der Waals surface area contributed by atoms with E-state index in [-0.39, 0.29) is 0 Å². The molecule has 0 unspecified atom stereocenters. The zero-order valence-corrected chi connectivity index (χ0v) is 18.7. The molecule has 3 aromatic carbocycles. The second-order valence-electron chi connectivity index (χ2n) is 7.23. The van der Waals surface area contributed by atoms with Gasteiger partial charge in [-0.05, 0) is 73.4 Å². The largest absolute Gasteiger partial charge is 0.494 e. The summed E-state index contributed by atoms with van der Waals surface area (Å²) in [5.74, 6) is 0.859. The van der Waals surface area contributed by atoms with Gasteiger partial charge in [0, 0.05) is 5.56 Å². The molecular weight excluding hydrogens is 402 g/mol. The van der Waals surface area contributed by atoms with Crippen molar-refractivity contribution < 1.29 is 4.74 Å². The van der Waals surface area contributed by atoms with Crippen LogP contribution < -0.4 is 10.2 Å². The first-order valence-corrected chi connectivity index (χ1v) is 11.1. The molecule has 4 aromatic rings. The van der Waals surface area contributed by atoms with Gasteiger partial charge >= 0.3 is 0 Å². The SMILES string of the molecule is CCOc1ccc(/C=N\Nc2nc(-c3ccc(C)c(C)c3)c(-c3ccccc3)s2)cc1. The normalized spacial score (nSPS) is 11.1. The molecule has 0 fully saturated rings. The highest BCUT2D eigenvalue weighted by Gasteiger charge is 2.15. The van der Waals surface area contributed by atoms with Crippen LogP contribution in [0.5, 0.6) is 5.75 Å². The first-order valence-electron chi connectivity index (χ1n) is 10.3. The van der Waals surface area contributed by atoms with Crippen LogP contribution >= 0.6 is 11.3 Å². The number of nitrogens with zero attached hydrogens (tertiary/aromatic N) is 2. The van der Waals surface area contributed by atoms with Gasteiger partial charge in [-0.1, -0.05) is 53.8 Å². The molecule has 0 bridgehead atoms. The summed E-state index contributed by atoms with van der Waals surface area (Å²) < 4.78 is 5.48. The average molecular weight is 428 g/mol. The maximum absolute atomic E-state index is 5.48. The third-order valence-corrected chi connectivity index (χ3v) is 6.02. The van der Waals surface area contributed by atoms with Crippen LogP contribution in [0.3, 0.4) is 0 Å². The maximum atomic E-state index is 5.48. The van der Waals surface area contributed by atoms with Crippen molar-refractivity contribution in [3.05, 3.63) is 89.5 Å². The Labute approximate surface area is 187 Å². The smallest absolute Gasteiger partial charge is 0.204 e. The van der Waals surface area contributed by atoms with Crippen molar-refractivity contribution in [2.75, 3.05) is 12.0 Å². The fourth-order valence-corrected chi connectivity index (χ4v) is 4.16. The maximum Gasteiger partial charge on any atom is 0.204 e. The van der Waals surface area contributed by atoms with E-state index < -0.39 is 0 Å². The summed E-state index contributed by atoms with van der Waals surface area (Å²) in [6.45, 7) is 6.89. The number of aromatic nitrogens is 1. The van der Waals surface area contributed by atoms with Gasteiger partial charge in [0.05, 0.1) is 23.4 Å². The second-order valence-corrected chi connectivity index (χ2v) is 8.23. The van der Waals surface area contributed by atoms with Crippen LogP contribution in [-0.4, -0.2) is 17.8 Å². The van der Waals surface area contributed by atoms with Crippen molar-refractivity contribution in [1.29, 1.82) is 0 Å². The van der Waals surface area contributed by atoms with Crippen LogP contribution in [0.4, 0.5) is 5.13 Å². The molecule has 0 saturated carbocycles. The van der Waals surface area contributed by atoms with E-state index in [9.17, 15) is 0 Å². The summed E-state index contributed by atoms with van der Waals surface area (Å²) in [7, 11) is 0. The van der Waals surface area contributed by atoms with Gasteiger partial charge in [0.2, 0.25) is 5.13 Å². The molecule has 31 heavy (non-hydrogen) atoms. The Morgan fingerprint density at radius 2 is 1.71 bits per heavy atom. The van der Waals surface area contributed by atoms with Crippen LogP contribution in [0.15, 0.2) is 77.9 Å². The van der Waals surface area contributed by atoms with E-state index >= 15 is 0 Å². The minimum atomic E-state index is 0.658. The fourth-order valence-electron chi connectivity index (χ4n) is 3.22. The van der Waals surface area contributed by atoms with Crippen LogP contribution in [0, 0.1) is 13.8 Å². The number of aryl methyl sites for hydroxylation is 2. The fraction of sp³-hybridized carbons (Fsp3) is 0.154. The number of hydrazone groups is 1. The number of benzene rings is 3. The van der Waals surface area contributed by atoms with Gasteiger partial charge in [0.25, 0.3) is 0 Å². The number of nitrogens with one attached hydrogen (secondary N) is 1. The van der Waals surface area contributed by atoms with Gasteiger partial charge < -0.3 is 4.74 Å². The average Bonchev–Trinajstić information content (AvgIpc) is 3.22. The monoisotopic (exact) mass is 427 g/mol. The number of thiazole rings is 1. The van der Waals surface area contributed by atoms with Crippen molar-refractivity contribution >= 4 is 22.7 Å². The van der Waals surface area contributed by atoms with E-state index in [1.54, 1.807) is 17.6 Å².